The van der Waals surface area contributed by atoms with Crippen molar-refractivity contribution in [3.63, 3.8) is 0 Å². The molecule has 2 atom stereocenters. The molecular formula is C20H22F3N3O3S2. The predicted octanol–water partition coefficient (Wildman–Crippen LogP) is 3.13. The molecule has 11 heteroatoms. The Morgan fingerprint density at radius 3 is 2.42 bits per heavy atom. The highest BCUT2D eigenvalue weighted by molar-refractivity contribution is 7.91. The SMILES string of the molecule is Cc1nc(-c2ccc(C(F)(F)F)cc2)sc1C(=O)NC1CS(=O)(=O)CC1N1CCCC1. The zero-order valence-electron chi connectivity index (χ0n) is 16.8. The fourth-order valence-corrected chi connectivity index (χ4v) is 7.09. The van der Waals surface area contributed by atoms with E-state index in [1.54, 1.807) is 6.92 Å². The standard InChI is InChI=1S/C20H22F3N3O3S2/c1-12-17(30-19(24-12)13-4-6-14(7-5-13)20(21,22)23)18(27)25-15-10-31(28,29)11-16(15)26-8-2-3-9-26/h4-7,15-16H,2-3,8-11H2,1H3,(H,25,27). The summed E-state index contributed by atoms with van der Waals surface area (Å²) >= 11 is 1.08. The van der Waals surface area contributed by atoms with E-state index >= 15 is 0 Å². The van der Waals surface area contributed by atoms with Crippen molar-refractivity contribution in [3.8, 4) is 10.6 Å². The number of aryl methyl sites for hydroxylation is 1. The molecule has 1 N–H and O–H groups in total. The fraction of sp³-hybridized carbons (Fsp3) is 0.500. The summed E-state index contributed by atoms with van der Waals surface area (Å²) in [5.41, 5.74) is 0.187. The zero-order valence-corrected chi connectivity index (χ0v) is 18.4. The van der Waals surface area contributed by atoms with Gasteiger partial charge in [-0.05, 0) is 45.0 Å². The predicted molar refractivity (Wildman–Crippen MR) is 112 cm³/mol. The molecule has 0 saturated carbocycles. The molecule has 4 rings (SSSR count). The van der Waals surface area contributed by atoms with Gasteiger partial charge >= 0.3 is 6.18 Å². The lowest BCUT2D eigenvalue weighted by atomic mass is 10.1. The van der Waals surface area contributed by atoms with Crippen molar-refractivity contribution in [1.29, 1.82) is 0 Å². The van der Waals surface area contributed by atoms with Crippen LogP contribution in [0.5, 0.6) is 0 Å². The monoisotopic (exact) mass is 473 g/mol. The van der Waals surface area contributed by atoms with Crippen molar-refractivity contribution in [2.75, 3.05) is 24.6 Å². The van der Waals surface area contributed by atoms with Crippen LogP contribution in [0.4, 0.5) is 13.2 Å². The number of rotatable bonds is 4. The molecule has 2 unspecified atom stereocenters. The van der Waals surface area contributed by atoms with Crippen LogP contribution in [-0.4, -0.2) is 60.9 Å². The van der Waals surface area contributed by atoms with Gasteiger partial charge in [-0.3, -0.25) is 9.69 Å². The van der Waals surface area contributed by atoms with Crippen molar-refractivity contribution >= 4 is 27.1 Å². The quantitative estimate of drug-likeness (QED) is 0.738. The normalized spacial score (nSPS) is 23.9. The van der Waals surface area contributed by atoms with Gasteiger partial charge in [0.05, 0.1) is 28.8 Å². The minimum Gasteiger partial charge on any atom is -0.346 e. The summed E-state index contributed by atoms with van der Waals surface area (Å²) in [6, 6.07) is 3.89. The number of carbonyl (C=O) groups is 1. The maximum Gasteiger partial charge on any atom is 0.416 e. The van der Waals surface area contributed by atoms with Gasteiger partial charge in [0.25, 0.3) is 5.91 Å². The molecule has 0 aliphatic carbocycles. The van der Waals surface area contributed by atoms with Gasteiger partial charge in [-0.15, -0.1) is 11.3 Å². The van der Waals surface area contributed by atoms with Crippen molar-refractivity contribution in [1.82, 2.24) is 15.2 Å². The Hall–Kier alpha value is -1.98. The number of hydrogen-bond donors (Lipinski definition) is 1. The highest BCUT2D eigenvalue weighted by Gasteiger charge is 2.42. The lowest BCUT2D eigenvalue weighted by Crippen LogP contribution is -2.50. The molecule has 0 spiro atoms. The number of likely N-dealkylation sites (tertiary alicyclic amines) is 1. The highest BCUT2D eigenvalue weighted by Crippen LogP contribution is 2.33. The van der Waals surface area contributed by atoms with Crippen molar-refractivity contribution in [2.24, 2.45) is 0 Å². The maximum atomic E-state index is 12.9. The topological polar surface area (TPSA) is 79.4 Å². The largest absolute Gasteiger partial charge is 0.416 e. The van der Waals surface area contributed by atoms with Crippen LogP contribution in [0, 0.1) is 6.92 Å². The van der Waals surface area contributed by atoms with Gasteiger partial charge in [0.2, 0.25) is 0 Å². The molecule has 2 aromatic rings. The highest BCUT2D eigenvalue weighted by atomic mass is 32.2. The van der Waals surface area contributed by atoms with E-state index in [0.717, 1.165) is 49.4 Å². The number of alkyl halides is 3. The second-order valence-electron chi connectivity index (χ2n) is 7.98. The molecule has 2 fully saturated rings. The number of sulfone groups is 1. The van der Waals surface area contributed by atoms with Gasteiger partial charge in [0.15, 0.2) is 9.84 Å². The molecule has 31 heavy (non-hydrogen) atoms. The number of halogens is 3. The third-order valence-electron chi connectivity index (χ3n) is 5.71. The molecule has 2 aliphatic rings. The summed E-state index contributed by atoms with van der Waals surface area (Å²) in [4.78, 5) is 19.7. The van der Waals surface area contributed by atoms with E-state index in [9.17, 15) is 26.4 Å². The summed E-state index contributed by atoms with van der Waals surface area (Å²) in [6.07, 6.45) is -2.39. The van der Waals surface area contributed by atoms with Crippen LogP contribution in [0.2, 0.25) is 0 Å². The van der Waals surface area contributed by atoms with Gasteiger partial charge in [-0.1, -0.05) is 12.1 Å². The summed E-state index contributed by atoms with van der Waals surface area (Å²) in [5, 5.41) is 3.31. The molecular weight excluding hydrogens is 451 g/mol. The zero-order chi connectivity index (χ0) is 22.4. The molecule has 1 amide bonds. The minimum absolute atomic E-state index is 0.0381. The lowest BCUT2D eigenvalue weighted by molar-refractivity contribution is -0.137. The Bertz CT molecular complexity index is 1080. The Balaban J connectivity index is 1.52. The molecule has 0 radical (unpaired) electrons. The lowest BCUT2D eigenvalue weighted by Gasteiger charge is -2.28. The number of aromatic nitrogens is 1. The Morgan fingerprint density at radius 1 is 1.16 bits per heavy atom. The molecule has 1 aromatic heterocycles. The van der Waals surface area contributed by atoms with E-state index in [1.807, 2.05) is 0 Å². The molecule has 2 saturated heterocycles. The molecule has 6 nitrogen and oxygen atoms in total. The van der Waals surface area contributed by atoms with E-state index in [1.165, 1.54) is 12.1 Å². The summed E-state index contributed by atoms with van der Waals surface area (Å²) in [5.74, 6) is -0.459. The van der Waals surface area contributed by atoms with E-state index in [0.29, 0.717) is 21.1 Å². The first-order valence-corrected chi connectivity index (χ1v) is 12.6. The fourth-order valence-electron chi connectivity index (χ4n) is 4.17. The first-order valence-electron chi connectivity index (χ1n) is 9.94. The third kappa shape index (κ3) is 4.78. The number of nitrogens with zero attached hydrogens (tertiary/aromatic N) is 2. The van der Waals surface area contributed by atoms with Gasteiger partial charge in [-0.25, -0.2) is 13.4 Å². The summed E-state index contributed by atoms with van der Waals surface area (Å²) in [6.45, 7) is 3.30. The van der Waals surface area contributed by atoms with Crippen LogP contribution in [0.1, 0.15) is 33.8 Å². The number of thiazole rings is 1. The van der Waals surface area contributed by atoms with Crippen LogP contribution in [-0.2, 0) is 16.0 Å². The van der Waals surface area contributed by atoms with Crippen LogP contribution in [0.3, 0.4) is 0 Å². The van der Waals surface area contributed by atoms with Gasteiger partial charge in [0.1, 0.15) is 9.88 Å². The van der Waals surface area contributed by atoms with Crippen molar-refractivity contribution in [2.45, 2.75) is 38.0 Å². The first-order chi connectivity index (χ1) is 14.5. The van der Waals surface area contributed by atoms with Crippen LogP contribution in [0.15, 0.2) is 24.3 Å². The van der Waals surface area contributed by atoms with Gasteiger partial charge in [-0.2, -0.15) is 13.2 Å². The van der Waals surface area contributed by atoms with Crippen molar-refractivity contribution < 1.29 is 26.4 Å². The van der Waals surface area contributed by atoms with Gasteiger partial charge in [0, 0.05) is 11.6 Å². The summed E-state index contributed by atoms with van der Waals surface area (Å²) in [7, 11) is -3.23. The number of benzene rings is 1. The molecule has 168 valence electrons. The Labute approximate surface area is 182 Å². The maximum absolute atomic E-state index is 12.9. The van der Waals surface area contributed by atoms with Crippen LogP contribution in [0.25, 0.3) is 10.6 Å². The third-order valence-corrected chi connectivity index (χ3v) is 8.63. The first kappa shape index (κ1) is 22.2. The average molecular weight is 474 g/mol. The number of amides is 1. The summed E-state index contributed by atoms with van der Waals surface area (Å²) < 4.78 is 62.8. The van der Waals surface area contributed by atoms with Gasteiger partial charge < -0.3 is 5.32 Å². The minimum atomic E-state index is -4.42. The van der Waals surface area contributed by atoms with Crippen molar-refractivity contribution in [3.05, 3.63) is 40.4 Å². The second-order valence-corrected chi connectivity index (χ2v) is 11.1. The second kappa shape index (κ2) is 8.18. The molecule has 3 heterocycles. The Morgan fingerprint density at radius 2 is 1.81 bits per heavy atom. The number of nitrogens with one attached hydrogen (secondary N) is 1. The molecule has 2 aliphatic heterocycles. The van der Waals surface area contributed by atoms with Crippen LogP contribution >= 0.6 is 11.3 Å². The van der Waals surface area contributed by atoms with Crippen LogP contribution < -0.4 is 5.32 Å². The van der Waals surface area contributed by atoms with E-state index in [4.69, 9.17) is 0 Å². The molecule has 1 aromatic carbocycles. The average Bonchev–Trinajstić information content (AvgIpc) is 3.40. The Kier molecular flexibility index (Phi) is 5.86. The number of carbonyl (C=O) groups excluding carboxylic acids is 1. The number of hydrogen-bond acceptors (Lipinski definition) is 6. The van der Waals surface area contributed by atoms with E-state index in [2.05, 4.69) is 15.2 Å². The molecule has 0 bridgehead atoms. The van der Waals surface area contributed by atoms with E-state index in [-0.39, 0.29) is 17.5 Å². The smallest absolute Gasteiger partial charge is 0.346 e. The van der Waals surface area contributed by atoms with E-state index < -0.39 is 33.5 Å².